The Bertz CT molecular complexity index is 371. The van der Waals surface area contributed by atoms with Crippen LogP contribution in [0.2, 0.25) is 0 Å². The highest BCUT2D eigenvalue weighted by Crippen LogP contribution is 2.21. The topological polar surface area (TPSA) is 26.3 Å². The number of unbranched alkanes of at least 4 members (excludes halogenated alkanes) is 1. The minimum absolute atomic E-state index is 0.0622. The van der Waals surface area contributed by atoms with Gasteiger partial charge in [0.15, 0.2) is 5.78 Å². The summed E-state index contributed by atoms with van der Waals surface area (Å²) >= 11 is 0. The average molecular weight is 248 g/mol. The van der Waals surface area contributed by atoms with Crippen molar-refractivity contribution in [2.45, 2.75) is 46.5 Å². The van der Waals surface area contributed by atoms with Crippen LogP contribution in [0.4, 0.5) is 0 Å². The van der Waals surface area contributed by atoms with Gasteiger partial charge in [0.05, 0.1) is 12.2 Å². The number of Topliss-reactive ketones (excluding diaryl/α,β-unsaturated/α-hetero) is 1. The minimum Gasteiger partial charge on any atom is -0.493 e. The zero-order valence-electron chi connectivity index (χ0n) is 11.7. The summed E-state index contributed by atoms with van der Waals surface area (Å²) in [4.78, 5) is 11.5. The van der Waals surface area contributed by atoms with Gasteiger partial charge in [-0.1, -0.05) is 45.2 Å². The van der Waals surface area contributed by atoms with Gasteiger partial charge in [0.25, 0.3) is 0 Å². The predicted molar refractivity (Wildman–Crippen MR) is 75.2 cm³/mol. The van der Waals surface area contributed by atoms with Crippen molar-refractivity contribution < 1.29 is 9.53 Å². The summed E-state index contributed by atoms with van der Waals surface area (Å²) < 4.78 is 5.83. The largest absolute Gasteiger partial charge is 0.493 e. The number of benzene rings is 1. The first-order valence-electron chi connectivity index (χ1n) is 6.91. The maximum Gasteiger partial charge on any atom is 0.163 e. The molecule has 100 valence electrons. The van der Waals surface area contributed by atoms with E-state index in [1.165, 1.54) is 19.3 Å². The molecule has 1 unspecified atom stereocenters. The van der Waals surface area contributed by atoms with Gasteiger partial charge in [0, 0.05) is 0 Å². The lowest BCUT2D eigenvalue weighted by Crippen LogP contribution is -2.12. The average Bonchev–Trinajstić information content (AvgIpc) is 2.39. The van der Waals surface area contributed by atoms with E-state index in [4.69, 9.17) is 4.74 Å². The second-order valence-corrected chi connectivity index (χ2v) is 4.78. The van der Waals surface area contributed by atoms with Crippen LogP contribution in [0.3, 0.4) is 0 Å². The van der Waals surface area contributed by atoms with Crippen LogP contribution in [0.25, 0.3) is 0 Å². The van der Waals surface area contributed by atoms with Crippen LogP contribution in [-0.4, -0.2) is 12.4 Å². The van der Waals surface area contributed by atoms with Gasteiger partial charge in [-0.25, -0.2) is 0 Å². The molecule has 2 nitrogen and oxygen atoms in total. The van der Waals surface area contributed by atoms with Gasteiger partial charge in [-0.2, -0.15) is 0 Å². The van der Waals surface area contributed by atoms with Crippen molar-refractivity contribution in [3.63, 3.8) is 0 Å². The summed E-state index contributed by atoms with van der Waals surface area (Å²) in [6.07, 6.45) is 4.80. The fraction of sp³-hybridized carbons (Fsp3) is 0.562. The van der Waals surface area contributed by atoms with Crippen molar-refractivity contribution in [2.75, 3.05) is 6.61 Å². The summed E-state index contributed by atoms with van der Waals surface area (Å²) in [6, 6.07) is 7.49. The van der Waals surface area contributed by atoms with Gasteiger partial charge in [-0.05, 0) is 31.4 Å². The molecule has 0 aliphatic rings. The summed E-state index contributed by atoms with van der Waals surface area (Å²) in [5, 5.41) is 0. The van der Waals surface area contributed by atoms with Gasteiger partial charge < -0.3 is 4.74 Å². The van der Waals surface area contributed by atoms with Crippen LogP contribution in [0.5, 0.6) is 5.75 Å². The number of carbonyl (C=O) groups is 1. The van der Waals surface area contributed by atoms with Gasteiger partial charge in [0.2, 0.25) is 0 Å². The van der Waals surface area contributed by atoms with Crippen LogP contribution >= 0.6 is 0 Å². The van der Waals surface area contributed by atoms with Crippen LogP contribution in [0.1, 0.15) is 56.8 Å². The zero-order valence-corrected chi connectivity index (χ0v) is 11.7. The third-order valence-electron chi connectivity index (χ3n) is 3.28. The fourth-order valence-electron chi connectivity index (χ4n) is 1.99. The smallest absolute Gasteiger partial charge is 0.163 e. The lowest BCUT2D eigenvalue weighted by atomic mass is 10.0. The molecule has 0 aliphatic carbocycles. The van der Waals surface area contributed by atoms with Crippen molar-refractivity contribution in [3.8, 4) is 5.75 Å². The molecule has 0 saturated carbocycles. The monoisotopic (exact) mass is 248 g/mol. The number of carbonyl (C=O) groups excluding carboxylic acids is 1. The van der Waals surface area contributed by atoms with Crippen molar-refractivity contribution in [1.82, 2.24) is 0 Å². The summed E-state index contributed by atoms with van der Waals surface area (Å²) in [5.74, 6) is 1.37. The normalized spacial score (nSPS) is 12.2. The van der Waals surface area contributed by atoms with Crippen molar-refractivity contribution >= 4 is 5.78 Å². The van der Waals surface area contributed by atoms with Crippen LogP contribution in [0, 0.1) is 5.92 Å². The SMILES string of the molecule is CCCCC(CC)COc1ccccc1C(C)=O. The number of ether oxygens (including phenoxy) is 1. The quantitative estimate of drug-likeness (QED) is 0.634. The Kier molecular flexibility index (Phi) is 6.48. The molecule has 18 heavy (non-hydrogen) atoms. The van der Waals surface area contributed by atoms with E-state index < -0.39 is 0 Å². The van der Waals surface area contributed by atoms with Gasteiger partial charge in [0.1, 0.15) is 5.75 Å². The molecule has 0 bridgehead atoms. The molecule has 0 aromatic heterocycles. The van der Waals surface area contributed by atoms with Crippen LogP contribution in [-0.2, 0) is 0 Å². The highest BCUT2D eigenvalue weighted by atomic mass is 16.5. The van der Waals surface area contributed by atoms with Crippen molar-refractivity contribution in [1.29, 1.82) is 0 Å². The second-order valence-electron chi connectivity index (χ2n) is 4.78. The van der Waals surface area contributed by atoms with E-state index in [1.807, 2.05) is 24.3 Å². The highest BCUT2D eigenvalue weighted by Gasteiger charge is 2.10. The second kappa shape index (κ2) is 7.91. The lowest BCUT2D eigenvalue weighted by molar-refractivity contribution is 0.101. The Morgan fingerprint density at radius 1 is 1.28 bits per heavy atom. The van der Waals surface area contributed by atoms with Crippen molar-refractivity contribution in [2.24, 2.45) is 5.92 Å². The first-order chi connectivity index (χ1) is 8.69. The van der Waals surface area contributed by atoms with E-state index in [-0.39, 0.29) is 5.78 Å². The number of para-hydroxylation sites is 1. The molecule has 0 aliphatic heterocycles. The molecule has 0 fully saturated rings. The van der Waals surface area contributed by atoms with Crippen molar-refractivity contribution in [3.05, 3.63) is 29.8 Å². The van der Waals surface area contributed by atoms with E-state index >= 15 is 0 Å². The fourth-order valence-corrected chi connectivity index (χ4v) is 1.99. The molecule has 1 atom stereocenters. The molecule has 0 N–H and O–H groups in total. The number of hydrogen-bond donors (Lipinski definition) is 0. The summed E-state index contributed by atoms with van der Waals surface area (Å²) in [5.41, 5.74) is 0.683. The Labute approximate surface area is 110 Å². The first kappa shape index (κ1) is 14.7. The zero-order chi connectivity index (χ0) is 13.4. The van der Waals surface area contributed by atoms with Crippen LogP contribution < -0.4 is 4.74 Å². The Balaban J connectivity index is 2.59. The number of hydrogen-bond acceptors (Lipinski definition) is 2. The number of rotatable bonds is 8. The molecule has 0 radical (unpaired) electrons. The first-order valence-corrected chi connectivity index (χ1v) is 6.91. The minimum atomic E-state index is 0.0622. The van der Waals surface area contributed by atoms with E-state index in [0.29, 0.717) is 18.1 Å². The maximum absolute atomic E-state index is 11.5. The lowest BCUT2D eigenvalue weighted by Gasteiger charge is -2.16. The summed E-state index contributed by atoms with van der Waals surface area (Å²) in [7, 11) is 0. The Morgan fingerprint density at radius 2 is 2.00 bits per heavy atom. The molecule has 0 saturated heterocycles. The molecular formula is C16H24O2. The molecule has 2 heteroatoms. The van der Waals surface area contributed by atoms with Crippen LogP contribution in [0.15, 0.2) is 24.3 Å². The Hall–Kier alpha value is -1.31. The third kappa shape index (κ3) is 4.52. The molecule has 1 rings (SSSR count). The van der Waals surface area contributed by atoms with E-state index in [1.54, 1.807) is 6.92 Å². The molecular weight excluding hydrogens is 224 g/mol. The standard InChI is InChI=1S/C16H24O2/c1-4-6-9-14(5-2)12-18-16-11-8-7-10-15(16)13(3)17/h7-8,10-11,14H,4-6,9,12H2,1-3H3. The van der Waals surface area contributed by atoms with Gasteiger partial charge in [-0.3, -0.25) is 4.79 Å². The van der Waals surface area contributed by atoms with E-state index in [0.717, 1.165) is 12.2 Å². The summed E-state index contributed by atoms with van der Waals surface area (Å²) in [6.45, 7) is 6.69. The highest BCUT2D eigenvalue weighted by molar-refractivity contribution is 5.96. The molecule has 0 heterocycles. The molecule has 0 spiro atoms. The van der Waals surface area contributed by atoms with Gasteiger partial charge in [-0.15, -0.1) is 0 Å². The third-order valence-corrected chi connectivity index (χ3v) is 3.28. The molecule has 1 aromatic carbocycles. The number of ketones is 1. The van der Waals surface area contributed by atoms with Gasteiger partial charge >= 0.3 is 0 Å². The van der Waals surface area contributed by atoms with E-state index in [2.05, 4.69) is 13.8 Å². The molecule has 0 amide bonds. The Morgan fingerprint density at radius 3 is 2.61 bits per heavy atom. The predicted octanol–water partition coefficient (Wildman–Crippen LogP) is 4.48. The molecule has 1 aromatic rings. The maximum atomic E-state index is 11.5. The van der Waals surface area contributed by atoms with E-state index in [9.17, 15) is 4.79 Å².